The van der Waals surface area contributed by atoms with Gasteiger partial charge in [-0.05, 0) is 50.6 Å². The first kappa shape index (κ1) is 30.2. The van der Waals surface area contributed by atoms with Crippen LogP contribution in [-0.2, 0) is 25.6 Å². The maximum atomic E-state index is 13.1. The molecule has 0 aromatic heterocycles. The van der Waals surface area contributed by atoms with E-state index in [-0.39, 0.29) is 12.8 Å². The zero-order valence-corrected chi connectivity index (χ0v) is 21.8. The molecule has 8 N–H and O–H groups in total. The van der Waals surface area contributed by atoms with Gasteiger partial charge < -0.3 is 32.5 Å². The summed E-state index contributed by atoms with van der Waals surface area (Å²) >= 11 is 0. The second-order valence-corrected chi connectivity index (χ2v) is 10.0. The molecule has 3 amide bonds. The fourth-order valence-electron chi connectivity index (χ4n) is 4.65. The summed E-state index contributed by atoms with van der Waals surface area (Å²) in [5.74, 6) is -2.29. The summed E-state index contributed by atoms with van der Waals surface area (Å²) < 4.78 is 0. The Morgan fingerprint density at radius 2 is 1.57 bits per heavy atom. The van der Waals surface area contributed by atoms with Gasteiger partial charge in [0.25, 0.3) is 0 Å². The molecule has 1 aromatic carbocycles. The minimum absolute atomic E-state index is 0.162. The minimum atomic E-state index is -1.15. The van der Waals surface area contributed by atoms with Crippen LogP contribution in [0.15, 0.2) is 30.3 Å². The van der Waals surface area contributed by atoms with Crippen molar-refractivity contribution in [2.45, 2.75) is 95.3 Å². The zero-order chi connectivity index (χ0) is 27.2. The molecule has 0 bridgehead atoms. The number of hydrogen-bond acceptors (Lipinski definition) is 6. The van der Waals surface area contributed by atoms with Crippen molar-refractivity contribution in [2.24, 2.45) is 17.4 Å². The molecule has 1 saturated carbocycles. The highest BCUT2D eigenvalue weighted by molar-refractivity contribution is 5.94. The summed E-state index contributed by atoms with van der Waals surface area (Å²) in [6.45, 7) is 1.96. The third-order valence-electron chi connectivity index (χ3n) is 6.88. The van der Waals surface area contributed by atoms with Gasteiger partial charge in [0.1, 0.15) is 18.1 Å². The lowest BCUT2D eigenvalue weighted by molar-refractivity contribution is -0.142. The van der Waals surface area contributed by atoms with Gasteiger partial charge in [0.2, 0.25) is 17.7 Å². The molecule has 0 saturated heterocycles. The van der Waals surface area contributed by atoms with Gasteiger partial charge in [-0.25, -0.2) is 4.79 Å². The molecule has 0 aliphatic heterocycles. The highest BCUT2D eigenvalue weighted by Gasteiger charge is 2.29. The Labute approximate surface area is 219 Å². The lowest BCUT2D eigenvalue weighted by atomic mass is 9.85. The van der Waals surface area contributed by atoms with Gasteiger partial charge in [0.05, 0.1) is 6.04 Å². The van der Waals surface area contributed by atoms with Crippen molar-refractivity contribution in [3.63, 3.8) is 0 Å². The minimum Gasteiger partial charge on any atom is -0.480 e. The summed E-state index contributed by atoms with van der Waals surface area (Å²) in [5.41, 5.74) is 12.4. The number of nitrogens with one attached hydrogen (secondary N) is 3. The molecule has 1 aliphatic rings. The topological polar surface area (TPSA) is 177 Å². The van der Waals surface area contributed by atoms with Gasteiger partial charge in [-0.2, -0.15) is 0 Å². The lowest BCUT2D eigenvalue weighted by Crippen LogP contribution is -2.57. The van der Waals surface area contributed by atoms with Crippen LogP contribution in [0.2, 0.25) is 0 Å². The van der Waals surface area contributed by atoms with Crippen molar-refractivity contribution in [2.75, 3.05) is 6.54 Å². The van der Waals surface area contributed by atoms with E-state index in [1.807, 2.05) is 30.3 Å². The third-order valence-corrected chi connectivity index (χ3v) is 6.88. The average molecular weight is 518 g/mol. The number of carboxylic acids is 1. The van der Waals surface area contributed by atoms with Gasteiger partial charge >= 0.3 is 5.97 Å². The molecule has 4 atom stereocenters. The maximum Gasteiger partial charge on any atom is 0.326 e. The summed E-state index contributed by atoms with van der Waals surface area (Å²) in [4.78, 5) is 50.3. The van der Waals surface area contributed by atoms with Crippen LogP contribution >= 0.6 is 0 Å². The standard InChI is InChI=1S/C27H43N5O5/c1-18(30-25(34)21(29)16-19-10-4-2-5-11-19)24(33)32-23(17-20-12-6-3-7-13-20)26(35)31-22(27(36)37)14-8-9-15-28/h3,6-7,12-13,18-19,21-23H,2,4-5,8-11,14-17,28-29H2,1H3,(H,30,34)(H,31,35)(H,32,33)(H,36,37)/t18-,21-,22-,23-/m0/s1. The number of rotatable bonds is 15. The van der Waals surface area contributed by atoms with Crippen molar-refractivity contribution in [3.05, 3.63) is 35.9 Å². The largest absolute Gasteiger partial charge is 0.480 e. The van der Waals surface area contributed by atoms with Gasteiger partial charge in [0, 0.05) is 6.42 Å². The summed E-state index contributed by atoms with van der Waals surface area (Å²) in [5, 5.41) is 17.4. The predicted molar refractivity (Wildman–Crippen MR) is 141 cm³/mol. The fraction of sp³-hybridized carbons (Fsp3) is 0.630. The van der Waals surface area contributed by atoms with Crippen LogP contribution in [0.5, 0.6) is 0 Å². The van der Waals surface area contributed by atoms with Crippen molar-refractivity contribution >= 4 is 23.7 Å². The molecule has 0 spiro atoms. The van der Waals surface area contributed by atoms with E-state index in [2.05, 4.69) is 16.0 Å². The van der Waals surface area contributed by atoms with Crippen molar-refractivity contribution < 1.29 is 24.3 Å². The first-order valence-electron chi connectivity index (χ1n) is 13.3. The SMILES string of the molecule is C[C@H](NC(=O)[C@@H](N)CC1CCCCC1)C(=O)N[C@@H](Cc1ccccc1)C(=O)N[C@@H](CCCCN)C(=O)O. The van der Waals surface area contributed by atoms with E-state index in [1.165, 1.54) is 13.3 Å². The smallest absolute Gasteiger partial charge is 0.326 e. The number of amides is 3. The number of carboxylic acid groups (broad SMARTS) is 1. The van der Waals surface area contributed by atoms with E-state index in [0.717, 1.165) is 31.2 Å². The number of hydrogen-bond donors (Lipinski definition) is 6. The Morgan fingerprint density at radius 3 is 2.19 bits per heavy atom. The van der Waals surface area contributed by atoms with Crippen LogP contribution in [0.4, 0.5) is 0 Å². The molecule has 0 heterocycles. The van der Waals surface area contributed by atoms with Crippen LogP contribution in [0.3, 0.4) is 0 Å². The highest BCUT2D eigenvalue weighted by atomic mass is 16.4. The van der Waals surface area contributed by atoms with Gasteiger partial charge in [-0.1, -0.05) is 62.4 Å². The summed E-state index contributed by atoms with van der Waals surface area (Å²) in [6, 6.07) is 5.36. The normalized spacial score (nSPS) is 17.2. The molecule has 1 aliphatic carbocycles. The number of carbonyl (C=O) groups is 4. The van der Waals surface area contributed by atoms with E-state index < -0.39 is 47.9 Å². The Kier molecular flexibility index (Phi) is 13.1. The van der Waals surface area contributed by atoms with E-state index in [0.29, 0.717) is 31.7 Å². The second-order valence-electron chi connectivity index (χ2n) is 10.0. The Balaban J connectivity index is 2.01. The highest BCUT2D eigenvalue weighted by Crippen LogP contribution is 2.27. The molecule has 2 rings (SSSR count). The molecular formula is C27H43N5O5. The molecule has 1 fully saturated rings. The summed E-state index contributed by atoms with van der Waals surface area (Å²) in [6.07, 6.45) is 7.82. The molecule has 10 heteroatoms. The van der Waals surface area contributed by atoms with Gasteiger partial charge in [-0.3, -0.25) is 14.4 Å². The monoisotopic (exact) mass is 517 g/mol. The lowest BCUT2D eigenvalue weighted by Gasteiger charge is -2.26. The Hall–Kier alpha value is -2.98. The van der Waals surface area contributed by atoms with Crippen LogP contribution in [-0.4, -0.2) is 59.5 Å². The Bertz CT molecular complexity index is 875. The maximum absolute atomic E-state index is 13.1. The molecule has 0 unspecified atom stereocenters. The van der Waals surface area contributed by atoms with E-state index in [4.69, 9.17) is 11.5 Å². The van der Waals surface area contributed by atoms with Crippen molar-refractivity contribution in [1.82, 2.24) is 16.0 Å². The molecule has 206 valence electrons. The van der Waals surface area contributed by atoms with Crippen LogP contribution in [0, 0.1) is 5.92 Å². The Morgan fingerprint density at radius 1 is 0.919 bits per heavy atom. The number of aliphatic carboxylic acids is 1. The summed E-state index contributed by atoms with van der Waals surface area (Å²) in [7, 11) is 0. The molecule has 10 nitrogen and oxygen atoms in total. The van der Waals surface area contributed by atoms with Gasteiger partial charge in [-0.15, -0.1) is 0 Å². The van der Waals surface area contributed by atoms with E-state index in [9.17, 15) is 24.3 Å². The molecule has 37 heavy (non-hydrogen) atoms. The predicted octanol–water partition coefficient (Wildman–Crippen LogP) is 1.21. The number of nitrogens with two attached hydrogens (primary N) is 2. The first-order chi connectivity index (χ1) is 17.7. The van der Waals surface area contributed by atoms with Crippen molar-refractivity contribution in [1.29, 1.82) is 0 Å². The molecular weight excluding hydrogens is 474 g/mol. The molecule has 0 radical (unpaired) electrons. The fourth-order valence-corrected chi connectivity index (χ4v) is 4.65. The first-order valence-corrected chi connectivity index (χ1v) is 13.3. The van der Waals surface area contributed by atoms with E-state index in [1.54, 1.807) is 0 Å². The van der Waals surface area contributed by atoms with E-state index >= 15 is 0 Å². The van der Waals surface area contributed by atoms with Gasteiger partial charge in [0.15, 0.2) is 0 Å². The van der Waals surface area contributed by atoms with Crippen LogP contribution in [0.1, 0.15) is 70.3 Å². The number of carbonyl (C=O) groups excluding carboxylic acids is 3. The second kappa shape index (κ2) is 16.0. The number of benzene rings is 1. The quantitative estimate of drug-likeness (QED) is 0.189. The van der Waals surface area contributed by atoms with Crippen molar-refractivity contribution in [3.8, 4) is 0 Å². The third kappa shape index (κ3) is 10.9. The average Bonchev–Trinajstić information content (AvgIpc) is 2.88. The zero-order valence-electron chi connectivity index (χ0n) is 21.8. The number of unbranched alkanes of at least 4 members (excludes halogenated alkanes) is 1. The molecule has 1 aromatic rings. The van der Waals surface area contributed by atoms with Crippen LogP contribution < -0.4 is 27.4 Å². The van der Waals surface area contributed by atoms with Crippen LogP contribution in [0.25, 0.3) is 0 Å².